The number of pyridine rings is 2. The summed E-state index contributed by atoms with van der Waals surface area (Å²) in [6.45, 7) is 4.67. The summed E-state index contributed by atoms with van der Waals surface area (Å²) in [5.41, 5.74) is 4.65. The molecule has 4 aromatic rings. The van der Waals surface area contributed by atoms with Gasteiger partial charge < -0.3 is 20.3 Å². The molecule has 0 spiro atoms. The van der Waals surface area contributed by atoms with Crippen molar-refractivity contribution >= 4 is 45.5 Å². The van der Waals surface area contributed by atoms with E-state index in [9.17, 15) is 10.1 Å². The zero-order valence-corrected chi connectivity index (χ0v) is 22.6. The second-order valence-corrected chi connectivity index (χ2v) is 9.70. The summed E-state index contributed by atoms with van der Waals surface area (Å²) in [4.78, 5) is 23.3. The molecule has 1 amide bonds. The summed E-state index contributed by atoms with van der Waals surface area (Å²) in [6.07, 6.45) is 4.37. The third-order valence-electron chi connectivity index (χ3n) is 5.99. The molecular formula is C29H29ClN6O2. The van der Waals surface area contributed by atoms with Crippen LogP contribution in [-0.4, -0.2) is 41.4 Å². The molecule has 0 aliphatic carbocycles. The topological polar surface area (TPSA) is 103 Å². The second kappa shape index (κ2) is 11.9. The van der Waals surface area contributed by atoms with Crippen molar-refractivity contribution in [3.63, 3.8) is 0 Å². The van der Waals surface area contributed by atoms with Gasteiger partial charge in [-0.25, -0.2) is 4.98 Å². The summed E-state index contributed by atoms with van der Waals surface area (Å²) in [5, 5.41) is 17.2. The fourth-order valence-electron chi connectivity index (χ4n) is 3.95. The van der Waals surface area contributed by atoms with Gasteiger partial charge in [0.1, 0.15) is 11.8 Å². The average molecular weight is 529 g/mol. The van der Waals surface area contributed by atoms with E-state index in [4.69, 9.17) is 16.3 Å². The van der Waals surface area contributed by atoms with Crippen molar-refractivity contribution in [1.29, 1.82) is 5.26 Å². The van der Waals surface area contributed by atoms with Gasteiger partial charge in [0.15, 0.2) is 0 Å². The molecule has 0 fully saturated rings. The SMILES string of the molecule is Cc1cc2ncc(C#N)c(Nc3ccc(Oc4ncccc4C)cc3Cl)c2cc1NC(=O)CCCN(C)C. The molecular weight excluding hydrogens is 500 g/mol. The van der Waals surface area contributed by atoms with Crippen LogP contribution in [0.15, 0.2) is 54.9 Å². The van der Waals surface area contributed by atoms with E-state index in [2.05, 4.69) is 26.7 Å². The van der Waals surface area contributed by atoms with Crippen LogP contribution >= 0.6 is 11.6 Å². The first kappa shape index (κ1) is 26.9. The normalized spacial score (nSPS) is 10.9. The summed E-state index contributed by atoms with van der Waals surface area (Å²) in [6, 6.07) is 15.0. The summed E-state index contributed by atoms with van der Waals surface area (Å²) in [5.74, 6) is 0.982. The number of ether oxygens (including phenoxy) is 1. The quantitative estimate of drug-likeness (QED) is 0.252. The van der Waals surface area contributed by atoms with Crippen LogP contribution in [0, 0.1) is 25.2 Å². The smallest absolute Gasteiger partial charge is 0.224 e. The average Bonchev–Trinajstić information content (AvgIpc) is 2.87. The number of carbonyl (C=O) groups is 1. The predicted molar refractivity (Wildman–Crippen MR) is 151 cm³/mol. The standard InChI is InChI=1S/C29H29ClN6O2/c1-18-7-5-11-32-29(18)38-21-9-10-24(23(30)14-21)35-28-20(16-31)17-33-26-13-19(2)25(15-22(26)28)34-27(37)8-6-12-36(3)4/h5,7,9-11,13-15,17H,6,8,12H2,1-4H3,(H,33,35)(H,34,37). The van der Waals surface area contributed by atoms with E-state index in [1.54, 1.807) is 24.4 Å². The van der Waals surface area contributed by atoms with E-state index in [0.717, 1.165) is 24.1 Å². The van der Waals surface area contributed by atoms with E-state index in [1.165, 1.54) is 6.20 Å². The number of rotatable bonds is 9. The number of halogens is 1. The van der Waals surface area contributed by atoms with Crippen LogP contribution in [0.25, 0.3) is 10.9 Å². The Balaban J connectivity index is 1.63. The first-order valence-corrected chi connectivity index (χ1v) is 12.6. The third-order valence-corrected chi connectivity index (χ3v) is 6.31. The van der Waals surface area contributed by atoms with Crippen LogP contribution in [0.4, 0.5) is 17.1 Å². The number of benzene rings is 2. The number of anilines is 3. The van der Waals surface area contributed by atoms with E-state index >= 15 is 0 Å². The van der Waals surface area contributed by atoms with Crippen molar-refractivity contribution in [1.82, 2.24) is 14.9 Å². The first-order chi connectivity index (χ1) is 18.2. The molecule has 0 bridgehead atoms. The summed E-state index contributed by atoms with van der Waals surface area (Å²) in [7, 11) is 3.96. The number of nitrogens with zero attached hydrogens (tertiary/aromatic N) is 4. The maximum atomic E-state index is 12.6. The molecule has 0 unspecified atom stereocenters. The highest BCUT2D eigenvalue weighted by molar-refractivity contribution is 6.33. The van der Waals surface area contributed by atoms with E-state index in [1.807, 2.05) is 57.1 Å². The molecule has 0 atom stereocenters. The number of fused-ring (bicyclic) bond motifs is 1. The molecule has 38 heavy (non-hydrogen) atoms. The Hall–Kier alpha value is -4.19. The van der Waals surface area contributed by atoms with Crippen molar-refractivity contribution in [2.45, 2.75) is 26.7 Å². The Bertz CT molecular complexity index is 1530. The molecule has 2 aromatic carbocycles. The number of amides is 1. The van der Waals surface area contributed by atoms with Crippen LogP contribution < -0.4 is 15.4 Å². The number of hydrogen-bond acceptors (Lipinski definition) is 7. The van der Waals surface area contributed by atoms with Gasteiger partial charge in [0.25, 0.3) is 0 Å². The Morgan fingerprint density at radius 3 is 2.63 bits per heavy atom. The van der Waals surface area contributed by atoms with Gasteiger partial charge in [-0.05, 0) is 76.8 Å². The Kier molecular flexibility index (Phi) is 8.41. The number of carbonyl (C=O) groups excluding carboxylic acids is 1. The minimum atomic E-state index is -0.0602. The Labute approximate surface area is 227 Å². The largest absolute Gasteiger partial charge is 0.439 e. The lowest BCUT2D eigenvalue weighted by atomic mass is 10.0. The van der Waals surface area contributed by atoms with E-state index < -0.39 is 0 Å². The highest BCUT2D eigenvalue weighted by Gasteiger charge is 2.15. The molecule has 194 valence electrons. The van der Waals surface area contributed by atoms with Crippen LogP contribution in [-0.2, 0) is 4.79 Å². The second-order valence-electron chi connectivity index (χ2n) is 9.29. The third kappa shape index (κ3) is 6.38. The molecule has 2 aromatic heterocycles. The zero-order chi connectivity index (χ0) is 27.2. The lowest BCUT2D eigenvalue weighted by molar-refractivity contribution is -0.116. The van der Waals surface area contributed by atoms with Gasteiger partial charge in [-0.15, -0.1) is 0 Å². The Morgan fingerprint density at radius 2 is 1.92 bits per heavy atom. The molecule has 0 radical (unpaired) electrons. The lowest BCUT2D eigenvalue weighted by Gasteiger charge is -2.16. The number of aryl methyl sites for hydroxylation is 2. The van der Waals surface area contributed by atoms with Crippen molar-refractivity contribution in [2.75, 3.05) is 31.3 Å². The van der Waals surface area contributed by atoms with E-state index in [0.29, 0.717) is 56.6 Å². The zero-order valence-electron chi connectivity index (χ0n) is 21.8. The summed E-state index contributed by atoms with van der Waals surface area (Å²) >= 11 is 6.61. The van der Waals surface area contributed by atoms with Gasteiger partial charge in [-0.1, -0.05) is 17.7 Å². The lowest BCUT2D eigenvalue weighted by Crippen LogP contribution is -2.17. The number of nitriles is 1. The van der Waals surface area contributed by atoms with Gasteiger partial charge in [-0.3, -0.25) is 9.78 Å². The molecule has 0 saturated heterocycles. The maximum absolute atomic E-state index is 12.6. The highest BCUT2D eigenvalue weighted by Crippen LogP contribution is 2.36. The highest BCUT2D eigenvalue weighted by atomic mass is 35.5. The van der Waals surface area contributed by atoms with Gasteiger partial charge in [0, 0.05) is 41.5 Å². The van der Waals surface area contributed by atoms with Crippen molar-refractivity contribution in [3.8, 4) is 17.7 Å². The van der Waals surface area contributed by atoms with Gasteiger partial charge in [-0.2, -0.15) is 5.26 Å². The number of hydrogen-bond donors (Lipinski definition) is 2. The van der Waals surface area contributed by atoms with E-state index in [-0.39, 0.29) is 5.91 Å². The fraction of sp³-hybridized carbons (Fsp3) is 0.241. The molecule has 0 saturated carbocycles. The summed E-state index contributed by atoms with van der Waals surface area (Å²) < 4.78 is 5.89. The van der Waals surface area contributed by atoms with Crippen LogP contribution in [0.3, 0.4) is 0 Å². The van der Waals surface area contributed by atoms with Crippen LogP contribution in [0.2, 0.25) is 5.02 Å². The van der Waals surface area contributed by atoms with Crippen LogP contribution in [0.1, 0.15) is 29.5 Å². The number of aromatic nitrogens is 2. The van der Waals surface area contributed by atoms with Crippen molar-refractivity contribution < 1.29 is 9.53 Å². The molecule has 0 aliphatic heterocycles. The fourth-order valence-corrected chi connectivity index (χ4v) is 4.17. The molecule has 8 nitrogen and oxygen atoms in total. The monoisotopic (exact) mass is 528 g/mol. The molecule has 0 aliphatic rings. The number of nitrogens with one attached hydrogen (secondary N) is 2. The van der Waals surface area contributed by atoms with Crippen molar-refractivity contribution in [3.05, 3.63) is 76.6 Å². The first-order valence-electron chi connectivity index (χ1n) is 12.2. The van der Waals surface area contributed by atoms with Crippen LogP contribution in [0.5, 0.6) is 11.6 Å². The molecule has 2 heterocycles. The van der Waals surface area contributed by atoms with Crippen molar-refractivity contribution in [2.24, 2.45) is 0 Å². The minimum absolute atomic E-state index is 0.0602. The maximum Gasteiger partial charge on any atom is 0.224 e. The molecule has 2 N–H and O–H groups in total. The molecule has 4 rings (SSSR count). The minimum Gasteiger partial charge on any atom is -0.439 e. The van der Waals surface area contributed by atoms with Gasteiger partial charge in [0.2, 0.25) is 11.8 Å². The van der Waals surface area contributed by atoms with Gasteiger partial charge >= 0.3 is 0 Å². The molecule has 9 heteroatoms. The van der Waals surface area contributed by atoms with Gasteiger partial charge in [0.05, 0.1) is 27.5 Å². The Morgan fingerprint density at radius 1 is 1.11 bits per heavy atom. The predicted octanol–water partition coefficient (Wildman–Crippen LogP) is 6.59.